The summed E-state index contributed by atoms with van der Waals surface area (Å²) in [7, 11) is 0. The number of hydrogen-bond acceptors (Lipinski definition) is 3. The predicted octanol–water partition coefficient (Wildman–Crippen LogP) is 2.65. The molecule has 0 fully saturated rings. The van der Waals surface area contributed by atoms with E-state index in [9.17, 15) is 4.79 Å². The maximum Gasteiger partial charge on any atom is 0.298 e. The van der Waals surface area contributed by atoms with Crippen LogP contribution in [-0.2, 0) is 17.6 Å². The van der Waals surface area contributed by atoms with E-state index in [2.05, 4.69) is 23.7 Å². The smallest absolute Gasteiger partial charge is 0.298 e. The molecule has 0 saturated carbocycles. The number of fused-ring (bicyclic) bond motifs is 1. The van der Waals surface area contributed by atoms with Gasteiger partial charge in [0.2, 0.25) is 0 Å². The molecule has 4 heteroatoms. The molecule has 1 heterocycles. The van der Waals surface area contributed by atoms with E-state index >= 15 is 0 Å². The highest BCUT2D eigenvalue weighted by Crippen LogP contribution is 2.27. The van der Waals surface area contributed by atoms with Crippen LogP contribution in [0.25, 0.3) is 0 Å². The van der Waals surface area contributed by atoms with E-state index < -0.39 is 0 Å². The number of aryl methyl sites for hydroxylation is 1. The Hall–Kier alpha value is -1.34. The van der Waals surface area contributed by atoms with Crippen molar-refractivity contribution in [1.29, 1.82) is 0 Å². The van der Waals surface area contributed by atoms with Crippen LogP contribution >= 0.6 is 11.3 Å². The summed E-state index contributed by atoms with van der Waals surface area (Å²) in [6.45, 7) is 4.69. The molecule has 19 heavy (non-hydrogen) atoms. The molecule has 0 saturated heterocycles. The van der Waals surface area contributed by atoms with Crippen LogP contribution in [0.4, 0.5) is 0 Å². The zero-order chi connectivity index (χ0) is 13.7. The summed E-state index contributed by atoms with van der Waals surface area (Å²) in [5.74, 6) is 5.40. The van der Waals surface area contributed by atoms with Gasteiger partial charge in [0.25, 0.3) is 5.91 Å². The SMILES string of the molecule is CC#CC(=O)N(CCCC)C1CCc2ncsc2C1. The topological polar surface area (TPSA) is 33.2 Å². The molecule has 3 nitrogen and oxygen atoms in total. The standard InChI is InChI=1S/C15H20N2OS/c1-3-5-9-17(15(18)6-4-2)12-7-8-13-14(10-12)19-11-16-13/h11-12H,3,5,7-10H2,1-2H3. The molecular formula is C15H20N2OS. The predicted molar refractivity (Wildman–Crippen MR) is 78.0 cm³/mol. The average Bonchev–Trinajstić information content (AvgIpc) is 2.87. The van der Waals surface area contributed by atoms with E-state index in [1.165, 1.54) is 10.6 Å². The summed E-state index contributed by atoms with van der Waals surface area (Å²) >= 11 is 1.71. The Bertz CT molecular complexity index is 498. The summed E-state index contributed by atoms with van der Waals surface area (Å²) in [6.07, 6.45) is 5.09. The molecule has 0 bridgehead atoms. The van der Waals surface area contributed by atoms with Crippen LogP contribution in [0, 0.1) is 11.8 Å². The summed E-state index contributed by atoms with van der Waals surface area (Å²) in [6, 6.07) is 0.299. The number of amides is 1. The molecule has 0 radical (unpaired) electrons. The molecule has 2 rings (SSSR count). The van der Waals surface area contributed by atoms with Crippen molar-refractivity contribution in [2.45, 2.75) is 52.0 Å². The van der Waals surface area contributed by atoms with E-state index in [0.29, 0.717) is 6.04 Å². The van der Waals surface area contributed by atoms with Gasteiger partial charge in [0.15, 0.2) is 0 Å². The van der Waals surface area contributed by atoms with Crippen LogP contribution in [-0.4, -0.2) is 28.4 Å². The third-order valence-corrected chi connectivity index (χ3v) is 4.44. The van der Waals surface area contributed by atoms with Gasteiger partial charge < -0.3 is 4.90 Å². The van der Waals surface area contributed by atoms with E-state index in [0.717, 1.165) is 38.6 Å². The lowest BCUT2D eigenvalue weighted by molar-refractivity contribution is -0.127. The van der Waals surface area contributed by atoms with Crippen LogP contribution in [0.5, 0.6) is 0 Å². The van der Waals surface area contributed by atoms with Crippen LogP contribution in [0.2, 0.25) is 0 Å². The minimum atomic E-state index is -0.0195. The van der Waals surface area contributed by atoms with Crippen LogP contribution in [0.3, 0.4) is 0 Å². The number of nitrogens with zero attached hydrogens (tertiary/aromatic N) is 2. The lowest BCUT2D eigenvalue weighted by Gasteiger charge is -2.32. The molecule has 0 N–H and O–H groups in total. The Balaban J connectivity index is 2.10. The number of unbranched alkanes of at least 4 members (excludes halogenated alkanes) is 1. The van der Waals surface area contributed by atoms with Gasteiger partial charge in [-0.25, -0.2) is 4.98 Å². The summed E-state index contributed by atoms with van der Waals surface area (Å²) in [4.78, 5) is 19.8. The summed E-state index contributed by atoms with van der Waals surface area (Å²) < 4.78 is 0. The van der Waals surface area contributed by atoms with E-state index in [1.807, 2.05) is 10.4 Å². The Kier molecular flexibility index (Phi) is 4.98. The second kappa shape index (κ2) is 6.72. The summed E-state index contributed by atoms with van der Waals surface area (Å²) in [5, 5.41) is 0. The van der Waals surface area contributed by atoms with Crippen molar-refractivity contribution in [3.05, 3.63) is 16.1 Å². The van der Waals surface area contributed by atoms with E-state index in [1.54, 1.807) is 18.3 Å². The fourth-order valence-corrected chi connectivity index (χ4v) is 3.39. The molecule has 1 amide bonds. The number of thiazole rings is 1. The van der Waals surface area contributed by atoms with Crippen molar-refractivity contribution in [1.82, 2.24) is 9.88 Å². The monoisotopic (exact) mass is 276 g/mol. The van der Waals surface area contributed by atoms with Gasteiger partial charge in [-0.05, 0) is 32.1 Å². The Morgan fingerprint density at radius 1 is 1.63 bits per heavy atom. The van der Waals surface area contributed by atoms with Gasteiger partial charge in [-0.1, -0.05) is 19.3 Å². The molecule has 102 valence electrons. The highest BCUT2D eigenvalue weighted by molar-refractivity contribution is 7.09. The molecule has 1 aromatic heterocycles. The van der Waals surface area contributed by atoms with Gasteiger partial charge in [-0.15, -0.1) is 11.3 Å². The van der Waals surface area contributed by atoms with Crippen molar-refractivity contribution in [3.63, 3.8) is 0 Å². The second-order valence-electron chi connectivity index (χ2n) is 4.85. The molecule has 1 unspecified atom stereocenters. The van der Waals surface area contributed by atoms with Crippen LogP contribution in [0.15, 0.2) is 5.51 Å². The Morgan fingerprint density at radius 3 is 3.21 bits per heavy atom. The van der Waals surface area contributed by atoms with Crippen LogP contribution in [0.1, 0.15) is 43.7 Å². The maximum absolute atomic E-state index is 12.1. The molecule has 1 aromatic rings. The molecular weight excluding hydrogens is 256 g/mol. The summed E-state index contributed by atoms with van der Waals surface area (Å²) in [5.41, 5.74) is 3.14. The average molecular weight is 276 g/mol. The van der Waals surface area contributed by atoms with E-state index in [4.69, 9.17) is 0 Å². The number of carbonyl (C=O) groups excluding carboxylic acids is 1. The first-order chi connectivity index (χ1) is 9.26. The number of aromatic nitrogens is 1. The molecule has 0 aliphatic heterocycles. The largest absolute Gasteiger partial charge is 0.329 e. The first-order valence-electron chi connectivity index (χ1n) is 6.90. The zero-order valence-corrected chi connectivity index (χ0v) is 12.4. The van der Waals surface area contributed by atoms with E-state index in [-0.39, 0.29) is 5.91 Å². The quantitative estimate of drug-likeness (QED) is 0.792. The van der Waals surface area contributed by atoms with Crippen molar-refractivity contribution < 1.29 is 4.79 Å². The first-order valence-corrected chi connectivity index (χ1v) is 7.78. The fraction of sp³-hybridized carbons (Fsp3) is 0.600. The first kappa shape index (κ1) is 14.1. The normalized spacial score (nSPS) is 17.3. The van der Waals surface area contributed by atoms with Gasteiger partial charge in [0.1, 0.15) is 0 Å². The van der Waals surface area contributed by atoms with Crippen molar-refractivity contribution in [2.75, 3.05) is 6.54 Å². The molecule has 1 aliphatic rings. The van der Waals surface area contributed by atoms with Crippen molar-refractivity contribution in [3.8, 4) is 11.8 Å². The fourth-order valence-electron chi connectivity index (χ4n) is 2.51. The molecule has 1 atom stereocenters. The van der Waals surface area contributed by atoms with Crippen LogP contribution < -0.4 is 0 Å². The lowest BCUT2D eigenvalue weighted by Crippen LogP contribution is -2.43. The van der Waals surface area contributed by atoms with Gasteiger partial charge in [0, 0.05) is 23.9 Å². The minimum Gasteiger partial charge on any atom is -0.329 e. The Morgan fingerprint density at radius 2 is 2.47 bits per heavy atom. The highest BCUT2D eigenvalue weighted by atomic mass is 32.1. The minimum absolute atomic E-state index is 0.0195. The zero-order valence-electron chi connectivity index (χ0n) is 11.6. The third-order valence-electron chi connectivity index (χ3n) is 3.55. The Labute approximate surface area is 119 Å². The number of hydrogen-bond donors (Lipinski definition) is 0. The maximum atomic E-state index is 12.1. The second-order valence-corrected chi connectivity index (χ2v) is 5.79. The lowest BCUT2D eigenvalue weighted by atomic mass is 9.96. The molecule has 1 aliphatic carbocycles. The van der Waals surface area contributed by atoms with Crippen molar-refractivity contribution >= 4 is 17.2 Å². The van der Waals surface area contributed by atoms with Crippen molar-refractivity contribution in [2.24, 2.45) is 0 Å². The number of carbonyl (C=O) groups is 1. The van der Waals surface area contributed by atoms with Gasteiger partial charge in [0.05, 0.1) is 11.2 Å². The molecule has 0 spiro atoms. The van der Waals surface area contributed by atoms with Gasteiger partial charge in [-0.2, -0.15) is 0 Å². The number of rotatable bonds is 4. The van der Waals surface area contributed by atoms with Gasteiger partial charge >= 0.3 is 0 Å². The highest BCUT2D eigenvalue weighted by Gasteiger charge is 2.27. The van der Waals surface area contributed by atoms with Gasteiger partial charge in [-0.3, -0.25) is 4.79 Å². The molecule has 0 aromatic carbocycles. The third kappa shape index (κ3) is 3.36.